The van der Waals surface area contributed by atoms with Crippen LogP contribution < -0.4 is 0 Å². The number of aromatic nitrogens is 1. The SMILES string of the molecule is CC(CCOOC(=O)[C@H]1CSC(c2nc3ccc(O)cc3s2)=N1)N(C)C. The molecule has 2 heterocycles. The standard InChI is InChI=1S/C17H21N3O4S2/c1-10(20(2)3)6-7-23-24-17(22)13-9-25-15(19-13)16-18-12-5-4-11(21)8-14(12)26-16/h4-5,8,10,13,21H,6-7,9H2,1-3H3/t10?,13-/m1/s1. The van der Waals surface area contributed by atoms with E-state index in [1.54, 1.807) is 18.2 Å². The highest BCUT2D eigenvalue weighted by atomic mass is 32.2. The van der Waals surface area contributed by atoms with Gasteiger partial charge in [0.2, 0.25) is 0 Å². The van der Waals surface area contributed by atoms with Gasteiger partial charge in [-0.2, -0.15) is 4.89 Å². The van der Waals surface area contributed by atoms with Crippen molar-refractivity contribution in [2.75, 3.05) is 26.5 Å². The van der Waals surface area contributed by atoms with E-state index in [0.29, 0.717) is 23.4 Å². The molecule has 0 amide bonds. The van der Waals surface area contributed by atoms with Crippen molar-refractivity contribution in [3.8, 4) is 5.75 Å². The lowest BCUT2D eigenvalue weighted by molar-refractivity contribution is -0.274. The monoisotopic (exact) mass is 395 g/mol. The molecule has 1 aliphatic heterocycles. The molecule has 0 spiro atoms. The van der Waals surface area contributed by atoms with Crippen LogP contribution in [0.1, 0.15) is 18.4 Å². The highest BCUT2D eigenvalue weighted by Crippen LogP contribution is 2.31. The Bertz CT molecular complexity index is 821. The number of phenols is 1. The number of aromatic hydroxyl groups is 1. The van der Waals surface area contributed by atoms with Crippen LogP contribution in [-0.2, 0) is 14.6 Å². The van der Waals surface area contributed by atoms with Crippen LogP contribution in [0.3, 0.4) is 0 Å². The minimum atomic E-state index is -0.582. The number of benzene rings is 1. The maximum Gasteiger partial charge on any atom is 0.367 e. The minimum Gasteiger partial charge on any atom is -0.508 e. The Morgan fingerprint density at radius 1 is 1.46 bits per heavy atom. The van der Waals surface area contributed by atoms with Crippen molar-refractivity contribution < 1.29 is 19.7 Å². The number of hydrogen-bond donors (Lipinski definition) is 1. The van der Waals surface area contributed by atoms with Gasteiger partial charge in [0.05, 0.1) is 16.8 Å². The van der Waals surface area contributed by atoms with Gasteiger partial charge >= 0.3 is 5.97 Å². The summed E-state index contributed by atoms with van der Waals surface area (Å²) in [6, 6.07) is 4.80. The molecule has 0 fully saturated rings. The molecular formula is C17H21N3O4S2. The van der Waals surface area contributed by atoms with Crippen molar-refractivity contribution in [2.45, 2.75) is 25.4 Å². The van der Waals surface area contributed by atoms with Crippen molar-refractivity contribution in [2.24, 2.45) is 4.99 Å². The molecule has 1 aromatic carbocycles. The summed E-state index contributed by atoms with van der Waals surface area (Å²) >= 11 is 2.91. The van der Waals surface area contributed by atoms with Gasteiger partial charge in [0.15, 0.2) is 6.04 Å². The van der Waals surface area contributed by atoms with Crippen LogP contribution in [-0.4, -0.2) is 64.5 Å². The predicted molar refractivity (Wildman–Crippen MR) is 104 cm³/mol. The van der Waals surface area contributed by atoms with E-state index in [1.807, 2.05) is 14.1 Å². The average molecular weight is 396 g/mol. The Morgan fingerprint density at radius 2 is 2.27 bits per heavy atom. The maximum atomic E-state index is 12.1. The molecule has 3 rings (SSSR count). The first-order chi connectivity index (χ1) is 12.4. The number of phenolic OH excluding ortho intramolecular Hbond substituents is 1. The third-order valence-electron chi connectivity index (χ3n) is 4.12. The fourth-order valence-corrected chi connectivity index (χ4v) is 4.34. The molecule has 1 aliphatic rings. The van der Waals surface area contributed by atoms with Crippen LogP contribution in [0.15, 0.2) is 23.2 Å². The summed E-state index contributed by atoms with van der Waals surface area (Å²) in [6.45, 7) is 2.43. The second kappa shape index (κ2) is 8.34. The number of carbonyl (C=O) groups is 1. The molecule has 26 heavy (non-hydrogen) atoms. The maximum absolute atomic E-state index is 12.1. The molecule has 140 valence electrons. The molecule has 0 saturated carbocycles. The molecule has 1 aromatic heterocycles. The molecular weight excluding hydrogens is 374 g/mol. The van der Waals surface area contributed by atoms with Crippen LogP contribution in [0.2, 0.25) is 0 Å². The Kier molecular flexibility index (Phi) is 6.13. The summed E-state index contributed by atoms with van der Waals surface area (Å²) in [5.74, 6) is 0.229. The van der Waals surface area contributed by atoms with Crippen molar-refractivity contribution >= 4 is 44.3 Å². The third-order valence-corrected chi connectivity index (χ3v) is 6.33. The van der Waals surface area contributed by atoms with Crippen LogP contribution in [0.5, 0.6) is 5.75 Å². The van der Waals surface area contributed by atoms with E-state index in [9.17, 15) is 9.90 Å². The van der Waals surface area contributed by atoms with Crippen molar-refractivity contribution in [3.63, 3.8) is 0 Å². The molecule has 2 atom stereocenters. The lowest BCUT2D eigenvalue weighted by Gasteiger charge is -2.18. The number of aliphatic imine (C=N–C) groups is 1. The number of hydrogen-bond acceptors (Lipinski definition) is 9. The smallest absolute Gasteiger partial charge is 0.367 e. The van der Waals surface area contributed by atoms with Crippen LogP contribution in [0.4, 0.5) is 0 Å². The molecule has 0 radical (unpaired) electrons. The van der Waals surface area contributed by atoms with Gasteiger partial charge in [-0.15, -0.1) is 23.1 Å². The summed E-state index contributed by atoms with van der Waals surface area (Å²) in [4.78, 5) is 33.0. The number of thiazole rings is 1. The molecule has 0 aliphatic carbocycles. The fourth-order valence-electron chi connectivity index (χ4n) is 2.25. The molecule has 0 bridgehead atoms. The summed E-state index contributed by atoms with van der Waals surface area (Å²) in [6.07, 6.45) is 0.771. The van der Waals surface area contributed by atoms with E-state index in [4.69, 9.17) is 9.78 Å². The number of fused-ring (bicyclic) bond motifs is 1. The van der Waals surface area contributed by atoms with Gasteiger partial charge < -0.3 is 10.0 Å². The fraction of sp³-hybridized carbons (Fsp3) is 0.471. The summed E-state index contributed by atoms with van der Waals surface area (Å²) in [7, 11) is 3.98. The van der Waals surface area contributed by atoms with Crippen LogP contribution >= 0.6 is 23.1 Å². The number of thioether (sulfide) groups is 1. The zero-order valence-electron chi connectivity index (χ0n) is 14.8. The van der Waals surface area contributed by atoms with E-state index < -0.39 is 12.0 Å². The molecule has 9 heteroatoms. The number of nitrogens with zero attached hydrogens (tertiary/aromatic N) is 3. The number of carbonyl (C=O) groups excluding carboxylic acids is 1. The van der Waals surface area contributed by atoms with Gasteiger partial charge in [0.1, 0.15) is 15.8 Å². The Labute approximate surface area is 160 Å². The first-order valence-electron chi connectivity index (χ1n) is 8.24. The van der Waals surface area contributed by atoms with Crippen molar-refractivity contribution in [1.29, 1.82) is 0 Å². The van der Waals surface area contributed by atoms with Gasteiger partial charge in [-0.3, -0.25) is 9.88 Å². The second-order valence-corrected chi connectivity index (χ2v) is 8.30. The summed E-state index contributed by atoms with van der Waals surface area (Å²) in [5, 5.41) is 11.0. The highest BCUT2D eigenvalue weighted by molar-refractivity contribution is 8.15. The third kappa shape index (κ3) is 4.53. The molecule has 1 unspecified atom stereocenters. The predicted octanol–water partition coefficient (Wildman–Crippen LogP) is 2.68. The van der Waals surface area contributed by atoms with Gasteiger partial charge in [-0.05, 0) is 45.6 Å². The quantitative estimate of drug-likeness (QED) is 0.438. The first kappa shape index (κ1) is 19.1. The van der Waals surface area contributed by atoms with Gasteiger partial charge in [0, 0.05) is 11.8 Å². The van der Waals surface area contributed by atoms with Crippen LogP contribution in [0.25, 0.3) is 10.2 Å². The van der Waals surface area contributed by atoms with Crippen molar-refractivity contribution in [3.05, 3.63) is 23.2 Å². The highest BCUT2D eigenvalue weighted by Gasteiger charge is 2.29. The lowest BCUT2D eigenvalue weighted by atomic mass is 10.2. The van der Waals surface area contributed by atoms with E-state index in [2.05, 4.69) is 21.8 Å². The van der Waals surface area contributed by atoms with Gasteiger partial charge in [-0.1, -0.05) is 0 Å². The largest absolute Gasteiger partial charge is 0.508 e. The summed E-state index contributed by atoms with van der Waals surface area (Å²) < 4.78 is 0.882. The molecule has 1 N–H and O–H groups in total. The second-order valence-electron chi connectivity index (χ2n) is 6.26. The zero-order valence-corrected chi connectivity index (χ0v) is 16.5. The summed E-state index contributed by atoms with van der Waals surface area (Å²) in [5.41, 5.74) is 0.801. The van der Waals surface area contributed by atoms with E-state index in [1.165, 1.54) is 23.1 Å². The first-order valence-corrected chi connectivity index (χ1v) is 10.0. The normalized spacial score (nSPS) is 18.3. The molecule has 7 nitrogen and oxygen atoms in total. The van der Waals surface area contributed by atoms with E-state index in [0.717, 1.165) is 21.6 Å². The Hall–Kier alpha value is -1.68. The number of rotatable bonds is 7. The van der Waals surface area contributed by atoms with Crippen LogP contribution in [0, 0.1) is 0 Å². The van der Waals surface area contributed by atoms with Crippen molar-refractivity contribution in [1.82, 2.24) is 9.88 Å². The average Bonchev–Trinajstić information content (AvgIpc) is 3.24. The molecule has 2 aromatic rings. The van der Waals surface area contributed by atoms with Gasteiger partial charge in [-0.25, -0.2) is 9.78 Å². The zero-order chi connectivity index (χ0) is 18.7. The lowest BCUT2D eigenvalue weighted by Crippen LogP contribution is -2.27. The minimum absolute atomic E-state index is 0.205. The topological polar surface area (TPSA) is 84.2 Å². The van der Waals surface area contributed by atoms with E-state index in [-0.39, 0.29) is 5.75 Å². The molecule has 0 saturated heterocycles. The Morgan fingerprint density at radius 3 is 3.04 bits per heavy atom. The van der Waals surface area contributed by atoms with Gasteiger partial charge in [0.25, 0.3) is 0 Å². The van der Waals surface area contributed by atoms with E-state index >= 15 is 0 Å². The Balaban J connectivity index is 1.55.